The van der Waals surface area contributed by atoms with Gasteiger partial charge < -0.3 is 18.8 Å². The number of nitrogens with zero attached hydrogens (tertiary/aromatic N) is 4. The number of aromatic nitrogens is 2. The molecule has 0 saturated carbocycles. The van der Waals surface area contributed by atoms with Crippen LogP contribution >= 0.6 is 0 Å². The highest BCUT2D eigenvalue weighted by molar-refractivity contribution is 5.93. The summed E-state index contributed by atoms with van der Waals surface area (Å²) >= 11 is 0. The zero-order valence-electron chi connectivity index (χ0n) is 13.2. The molecular formula is C17H22N4O2. The van der Waals surface area contributed by atoms with Crippen molar-refractivity contribution in [3.05, 3.63) is 42.4 Å². The SMILES string of the molecule is O=C(c1ccoc1)N1Cc2nccn2C[C@@H](CN2CCCC2)C1. The molecule has 23 heavy (non-hydrogen) atoms. The number of carbonyl (C=O) groups is 1. The number of hydrogen-bond acceptors (Lipinski definition) is 4. The molecule has 2 aromatic rings. The predicted octanol–water partition coefficient (Wildman–Crippen LogP) is 1.84. The average molecular weight is 314 g/mol. The van der Waals surface area contributed by atoms with E-state index in [0.29, 0.717) is 18.0 Å². The van der Waals surface area contributed by atoms with Crippen molar-refractivity contribution in [2.75, 3.05) is 26.2 Å². The van der Waals surface area contributed by atoms with Crippen LogP contribution in [0.15, 0.2) is 35.4 Å². The molecular weight excluding hydrogens is 292 g/mol. The largest absolute Gasteiger partial charge is 0.472 e. The molecule has 2 aliphatic heterocycles. The van der Waals surface area contributed by atoms with Gasteiger partial charge in [0.05, 0.1) is 18.4 Å². The predicted molar refractivity (Wildman–Crippen MR) is 84.8 cm³/mol. The van der Waals surface area contributed by atoms with Gasteiger partial charge in [0.2, 0.25) is 0 Å². The Hall–Kier alpha value is -2.08. The maximum Gasteiger partial charge on any atom is 0.257 e. The van der Waals surface area contributed by atoms with E-state index in [0.717, 1.165) is 25.5 Å². The van der Waals surface area contributed by atoms with Crippen LogP contribution in [0.3, 0.4) is 0 Å². The molecule has 122 valence electrons. The topological polar surface area (TPSA) is 54.5 Å². The monoisotopic (exact) mass is 314 g/mol. The minimum Gasteiger partial charge on any atom is -0.472 e. The van der Waals surface area contributed by atoms with Gasteiger partial charge in [-0.15, -0.1) is 0 Å². The van der Waals surface area contributed by atoms with Gasteiger partial charge in [-0.3, -0.25) is 4.79 Å². The van der Waals surface area contributed by atoms with Gasteiger partial charge in [-0.25, -0.2) is 4.98 Å². The Morgan fingerprint density at radius 3 is 2.96 bits per heavy atom. The lowest BCUT2D eigenvalue weighted by Gasteiger charge is -2.27. The van der Waals surface area contributed by atoms with Gasteiger partial charge in [0, 0.05) is 37.9 Å². The van der Waals surface area contributed by atoms with Crippen molar-refractivity contribution in [3.8, 4) is 0 Å². The lowest BCUT2D eigenvalue weighted by atomic mass is 10.1. The van der Waals surface area contributed by atoms with Gasteiger partial charge in [0.1, 0.15) is 12.1 Å². The first-order chi connectivity index (χ1) is 11.3. The number of hydrogen-bond donors (Lipinski definition) is 0. The van der Waals surface area contributed by atoms with Crippen LogP contribution in [0.25, 0.3) is 0 Å². The van der Waals surface area contributed by atoms with E-state index in [4.69, 9.17) is 4.42 Å². The second kappa shape index (κ2) is 6.20. The zero-order valence-corrected chi connectivity index (χ0v) is 13.2. The fourth-order valence-corrected chi connectivity index (χ4v) is 3.71. The molecule has 0 N–H and O–H groups in total. The first-order valence-electron chi connectivity index (χ1n) is 8.33. The van der Waals surface area contributed by atoms with Crippen LogP contribution in [0, 0.1) is 5.92 Å². The molecule has 1 fully saturated rings. The molecule has 0 spiro atoms. The summed E-state index contributed by atoms with van der Waals surface area (Å²) in [5.74, 6) is 1.42. The molecule has 4 heterocycles. The van der Waals surface area contributed by atoms with Crippen LogP contribution in [0.1, 0.15) is 29.0 Å². The van der Waals surface area contributed by atoms with Crippen LogP contribution in [0.5, 0.6) is 0 Å². The van der Waals surface area contributed by atoms with E-state index < -0.39 is 0 Å². The molecule has 1 atom stereocenters. The summed E-state index contributed by atoms with van der Waals surface area (Å²) in [5.41, 5.74) is 0.616. The fraction of sp³-hybridized carbons (Fsp3) is 0.529. The van der Waals surface area contributed by atoms with Crippen molar-refractivity contribution in [1.29, 1.82) is 0 Å². The molecule has 0 radical (unpaired) electrons. The minimum absolute atomic E-state index is 0.0293. The van der Waals surface area contributed by atoms with Crippen molar-refractivity contribution >= 4 is 5.91 Å². The summed E-state index contributed by atoms with van der Waals surface area (Å²) in [6.07, 6.45) is 9.51. The Balaban J connectivity index is 1.55. The second-order valence-electron chi connectivity index (χ2n) is 6.57. The van der Waals surface area contributed by atoms with Gasteiger partial charge in [-0.1, -0.05) is 0 Å². The number of rotatable bonds is 3. The Morgan fingerprint density at radius 1 is 1.30 bits per heavy atom. The molecule has 4 rings (SSSR count). The van der Waals surface area contributed by atoms with Crippen LogP contribution in [0.2, 0.25) is 0 Å². The van der Waals surface area contributed by atoms with Gasteiger partial charge in [-0.2, -0.15) is 0 Å². The van der Waals surface area contributed by atoms with Crippen LogP contribution in [-0.2, 0) is 13.1 Å². The third kappa shape index (κ3) is 3.03. The zero-order chi connectivity index (χ0) is 15.6. The molecule has 6 heteroatoms. The van der Waals surface area contributed by atoms with Crippen molar-refractivity contribution in [2.24, 2.45) is 5.92 Å². The lowest BCUT2D eigenvalue weighted by molar-refractivity contribution is 0.0706. The molecule has 0 unspecified atom stereocenters. The summed E-state index contributed by atoms with van der Waals surface area (Å²) in [7, 11) is 0. The molecule has 0 aliphatic carbocycles. The number of likely N-dealkylation sites (tertiary alicyclic amines) is 1. The second-order valence-corrected chi connectivity index (χ2v) is 6.57. The maximum absolute atomic E-state index is 12.7. The van der Waals surface area contributed by atoms with E-state index in [1.54, 1.807) is 12.3 Å². The molecule has 6 nitrogen and oxygen atoms in total. The molecule has 2 aliphatic rings. The molecule has 1 saturated heterocycles. The standard InChI is InChI=1S/C17H22N4O2/c22-17(15-3-8-23-13-15)21-11-14(9-19-5-1-2-6-19)10-20-7-4-18-16(20)12-21/h3-4,7-8,13-14H,1-2,5-6,9-12H2/t14-/m1/s1. The average Bonchev–Trinajstić information content (AvgIpc) is 3.28. The summed E-state index contributed by atoms with van der Waals surface area (Å²) in [6.45, 7) is 5.68. The maximum atomic E-state index is 12.7. The number of carbonyl (C=O) groups excluding carboxylic acids is 1. The lowest BCUT2D eigenvalue weighted by Crippen LogP contribution is -2.38. The van der Waals surface area contributed by atoms with E-state index in [1.807, 2.05) is 17.3 Å². The Morgan fingerprint density at radius 2 is 2.17 bits per heavy atom. The number of imidazole rings is 1. The first-order valence-corrected chi connectivity index (χ1v) is 8.33. The minimum atomic E-state index is 0.0293. The van der Waals surface area contributed by atoms with E-state index in [1.165, 1.54) is 32.2 Å². The Bertz CT molecular complexity index is 658. The van der Waals surface area contributed by atoms with Crippen molar-refractivity contribution in [1.82, 2.24) is 19.4 Å². The molecule has 0 bridgehead atoms. The molecule has 0 aromatic carbocycles. The van der Waals surface area contributed by atoms with E-state index >= 15 is 0 Å². The number of furan rings is 1. The van der Waals surface area contributed by atoms with Crippen molar-refractivity contribution in [2.45, 2.75) is 25.9 Å². The quantitative estimate of drug-likeness (QED) is 0.867. The van der Waals surface area contributed by atoms with Crippen LogP contribution < -0.4 is 0 Å². The highest BCUT2D eigenvalue weighted by Gasteiger charge is 2.28. The summed E-state index contributed by atoms with van der Waals surface area (Å²) < 4.78 is 7.27. The van der Waals surface area contributed by atoms with E-state index in [2.05, 4.69) is 14.5 Å². The normalized spacial score (nSPS) is 22.1. The van der Waals surface area contributed by atoms with Gasteiger partial charge >= 0.3 is 0 Å². The molecule has 1 amide bonds. The number of fused-ring (bicyclic) bond motifs is 1. The van der Waals surface area contributed by atoms with Crippen molar-refractivity contribution < 1.29 is 9.21 Å². The highest BCUT2D eigenvalue weighted by Crippen LogP contribution is 2.20. The summed E-state index contributed by atoms with van der Waals surface area (Å²) in [5, 5.41) is 0. The van der Waals surface area contributed by atoms with Gasteiger partial charge in [-0.05, 0) is 32.0 Å². The Labute approximate surface area is 135 Å². The van der Waals surface area contributed by atoms with Crippen molar-refractivity contribution in [3.63, 3.8) is 0 Å². The van der Waals surface area contributed by atoms with E-state index in [-0.39, 0.29) is 5.91 Å². The number of amides is 1. The third-order valence-corrected chi connectivity index (χ3v) is 4.84. The summed E-state index contributed by atoms with van der Waals surface area (Å²) in [6, 6.07) is 1.73. The highest BCUT2D eigenvalue weighted by atomic mass is 16.3. The third-order valence-electron chi connectivity index (χ3n) is 4.84. The van der Waals surface area contributed by atoms with Gasteiger partial charge in [0.15, 0.2) is 0 Å². The Kier molecular flexibility index (Phi) is 3.91. The smallest absolute Gasteiger partial charge is 0.257 e. The summed E-state index contributed by atoms with van der Waals surface area (Å²) in [4.78, 5) is 21.6. The first kappa shape index (κ1) is 14.5. The van der Waals surface area contributed by atoms with Crippen LogP contribution in [0.4, 0.5) is 0 Å². The van der Waals surface area contributed by atoms with Crippen LogP contribution in [-0.4, -0.2) is 51.4 Å². The van der Waals surface area contributed by atoms with Gasteiger partial charge in [0.25, 0.3) is 5.91 Å². The fourth-order valence-electron chi connectivity index (χ4n) is 3.71. The van der Waals surface area contributed by atoms with E-state index in [9.17, 15) is 4.79 Å². The molecule has 2 aromatic heterocycles.